The maximum atomic E-state index is 12.4. The summed E-state index contributed by atoms with van der Waals surface area (Å²) >= 11 is 0. The van der Waals surface area contributed by atoms with Crippen LogP contribution in [0.3, 0.4) is 0 Å². The summed E-state index contributed by atoms with van der Waals surface area (Å²) in [6.45, 7) is 7.36. The Balaban J connectivity index is 1.53. The molecule has 1 aliphatic heterocycles. The molecule has 1 saturated heterocycles. The van der Waals surface area contributed by atoms with Gasteiger partial charge in [0.25, 0.3) is 0 Å². The Morgan fingerprint density at radius 2 is 2.09 bits per heavy atom. The van der Waals surface area contributed by atoms with Gasteiger partial charge in [-0.05, 0) is 38.0 Å². The van der Waals surface area contributed by atoms with Crippen LogP contribution in [-0.4, -0.2) is 42.5 Å². The second-order valence-electron chi connectivity index (χ2n) is 8.71. The van der Waals surface area contributed by atoms with E-state index in [-0.39, 0.29) is 29.0 Å². The van der Waals surface area contributed by atoms with Crippen LogP contribution in [0.2, 0.25) is 0 Å². The Kier molecular flexibility index (Phi) is 4.62. The highest BCUT2D eigenvalue weighted by Crippen LogP contribution is 2.60. The number of urea groups is 1. The number of amides is 2. The Morgan fingerprint density at radius 3 is 2.74 bits per heavy atom. The molecule has 5 nitrogen and oxygen atoms in total. The Bertz CT molecular complexity index is 444. The summed E-state index contributed by atoms with van der Waals surface area (Å²) in [5, 5.41) is 15.8. The normalized spacial score (nSPS) is 33.1. The molecule has 0 aromatic carbocycles. The first-order valence-electron chi connectivity index (χ1n) is 9.18. The maximum absolute atomic E-state index is 12.4. The molecule has 0 radical (unpaired) electrons. The van der Waals surface area contributed by atoms with Gasteiger partial charge >= 0.3 is 6.03 Å². The standard InChI is InChI=1S/C18H32N2O3/c1-12(21)10-17(2,3)11-19-16(22)20-14-13-6-9-23-15(13)18(14)7-4-5-8-18/h12-15,21H,4-11H2,1-3H3,(H2,19,20,22). The number of aliphatic hydroxyl groups excluding tert-OH is 1. The van der Waals surface area contributed by atoms with E-state index in [9.17, 15) is 9.90 Å². The predicted octanol–water partition coefficient (Wildman–Crippen LogP) is 2.43. The minimum absolute atomic E-state index is 0.0645. The van der Waals surface area contributed by atoms with Crippen LogP contribution in [0.4, 0.5) is 4.79 Å². The van der Waals surface area contributed by atoms with Crippen molar-refractivity contribution in [3.05, 3.63) is 0 Å². The molecule has 3 rings (SSSR count). The van der Waals surface area contributed by atoms with Gasteiger partial charge in [-0.3, -0.25) is 0 Å². The van der Waals surface area contributed by atoms with Crippen LogP contribution in [0, 0.1) is 16.7 Å². The highest BCUT2D eigenvalue weighted by Gasteiger charge is 2.65. The molecule has 0 aromatic rings. The van der Waals surface area contributed by atoms with Gasteiger partial charge < -0.3 is 20.5 Å². The molecule has 23 heavy (non-hydrogen) atoms. The second kappa shape index (κ2) is 6.25. The van der Waals surface area contributed by atoms with Crippen molar-refractivity contribution >= 4 is 6.03 Å². The summed E-state index contributed by atoms with van der Waals surface area (Å²) in [4.78, 5) is 12.4. The van der Waals surface area contributed by atoms with Crippen molar-refractivity contribution in [1.82, 2.24) is 10.6 Å². The van der Waals surface area contributed by atoms with Crippen LogP contribution in [0.5, 0.6) is 0 Å². The van der Waals surface area contributed by atoms with Crippen LogP contribution < -0.4 is 10.6 Å². The fraction of sp³-hybridized carbons (Fsp3) is 0.944. The van der Waals surface area contributed by atoms with Gasteiger partial charge in [0.2, 0.25) is 0 Å². The number of carbonyl (C=O) groups is 1. The van der Waals surface area contributed by atoms with E-state index >= 15 is 0 Å². The van der Waals surface area contributed by atoms with Crippen LogP contribution >= 0.6 is 0 Å². The van der Waals surface area contributed by atoms with E-state index in [0.717, 1.165) is 13.0 Å². The molecule has 132 valence electrons. The van der Waals surface area contributed by atoms with Crippen LogP contribution in [0.25, 0.3) is 0 Å². The molecule has 3 aliphatic rings. The summed E-state index contributed by atoms with van der Waals surface area (Å²) in [7, 11) is 0. The van der Waals surface area contributed by atoms with Crippen molar-refractivity contribution in [2.24, 2.45) is 16.7 Å². The minimum Gasteiger partial charge on any atom is -0.393 e. The zero-order chi connectivity index (χ0) is 16.7. The van der Waals surface area contributed by atoms with E-state index in [1.807, 2.05) is 0 Å². The van der Waals surface area contributed by atoms with Gasteiger partial charge in [0.05, 0.1) is 12.2 Å². The topological polar surface area (TPSA) is 70.6 Å². The third kappa shape index (κ3) is 3.22. The van der Waals surface area contributed by atoms with E-state index in [0.29, 0.717) is 25.0 Å². The zero-order valence-electron chi connectivity index (χ0n) is 14.7. The fourth-order valence-electron chi connectivity index (χ4n) is 5.29. The summed E-state index contributed by atoms with van der Waals surface area (Å²) in [6.07, 6.45) is 6.67. The van der Waals surface area contributed by atoms with Gasteiger partial charge in [0, 0.05) is 30.5 Å². The number of ether oxygens (including phenoxy) is 1. The molecule has 2 saturated carbocycles. The Labute approximate surface area is 139 Å². The summed E-state index contributed by atoms with van der Waals surface area (Å²) in [6, 6.07) is 0.211. The minimum atomic E-state index is -0.348. The van der Waals surface area contributed by atoms with E-state index < -0.39 is 0 Å². The van der Waals surface area contributed by atoms with Crippen LogP contribution in [-0.2, 0) is 4.74 Å². The largest absolute Gasteiger partial charge is 0.393 e. The summed E-state index contributed by atoms with van der Waals surface area (Å²) < 4.78 is 5.96. The number of carbonyl (C=O) groups excluding carboxylic acids is 1. The lowest BCUT2D eigenvalue weighted by Gasteiger charge is -2.56. The third-order valence-corrected chi connectivity index (χ3v) is 6.15. The number of aliphatic hydroxyl groups is 1. The number of nitrogens with one attached hydrogen (secondary N) is 2. The Morgan fingerprint density at radius 1 is 1.39 bits per heavy atom. The lowest BCUT2D eigenvalue weighted by molar-refractivity contribution is -0.126. The van der Waals surface area contributed by atoms with E-state index in [2.05, 4.69) is 24.5 Å². The highest BCUT2D eigenvalue weighted by molar-refractivity contribution is 5.74. The molecular weight excluding hydrogens is 292 g/mol. The molecule has 1 heterocycles. The van der Waals surface area contributed by atoms with Crippen LogP contribution in [0.1, 0.15) is 59.3 Å². The fourth-order valence-corrected chi connectivity index (χ4v) is 5.29. The monoisotopic (exact) mass is 324 g/mol. The highest BCUT2D eigenvalue weighted by atomic mass is 16.5. The van der Waals surface area contributed by atoms with Gasteiger partial charge in [-0.15, -0.1) is 0 Å². The zero-order valence-corrected chi connectivity index (χ0v) is 14.7. The molecule has 0 bridgehead atoms. The molecule has 2 aliphatic carbocycles. The maximum Gasteiger partial charge on any atom is 0.315 e. The van der Waals surface area contributed by atoms with Gasteiger partial charge in [0.15, 0.2) is 0 Å². The first-order valence-corrected chi connectivity index (χ1v) is 9.18. The van der Waals surface area contributed by atoms with Gasteiger partial charge in [-0.2, -0.15) is 0 Å². The first kappa shape index (κ1) is 17.0. The second-order valence-corrected chi connectivity index (χ2v) is 8.71. The number of fused-ring (bicyclic) bond motifs is 2. The molecule has 2 amide bonds. The molecule has 4 atom stereocenters. The molecule has 3 fully saturated rings. The third-order valence-electron chi connectivity index (χ3n) is 6.15. The molecule has 0 aromatic heterocycles. The van der Waals surface area contributed by atoms with Gasteiger partial charge in [-0.25, -0.2) is 4.79 Å². The van der Waals surface area contributed by atoms with Gasteiger partial charge in [0.1, 0.15) is 0 Å². The quantitative estimate of drug-likeness (QED) is 0.727. The average molecular weight is 324 g/mol. The van der Waals surface area contributed by atoms with Crippen molar-refractivity contribution in [2.45, 2.75) is 77.5 Å². The Hall–Kier alpha value is -0.810. The van der Waals surface area contributed by atoms with Gasteiger partial charge in [-0.1, -0.05) is 26.7 Å². The van der Waals surface area contributed by atoms with E-state index in [1.165, 1.54) is 25.7 Å². The number of rotatable bonds is 5. The first-order chi connectivity index (χ1) is 10.8. The molecule has 4 unspecified atom stereocenters. The lowest BCUT2D eigenvalue weighted by Crippen LogP contribution is -2.69. The smallest absolute Gasteiger partial charge is 0.315 e. The van der Waals surface area contributed by atoms with E-state index in [1.54, 1.807) is 6.92 Å². The van der Waals surface area contributed by atoms with Crippen LogP contribution in [0.15, 0.2) is 0 Å². The number of hydrogen-bond donors (Lipinski definition) is 3. The average Bonchev–Trinajstić information content (AvgIpc) is 3.09. The lowest BCUT2D eigenvalue weighted by atomic mass is 9.54. The summed E-state index contributed by atoms with van der Waals surface area (Å²) in [5.74, 6) is 0.504. The molecule has 3 N–H and O–H groups in total. The SMILES string of the molecule is CC(O)CC(C)(C)CNC(=O)NC1C2CCOC2C12CCCC2. The molecule has 5 heteroatoms. The van der Waals surface area contributed by atoms with Crippen molar-refractivity contribution in [2.75, 3.05) is 13.2 Å². The summed E-state index contributed by atoms with van der Waals surface area (Å²) in [5.41, 5.74) is 0.100. The molecular formula is C18H32N2O3. The van der Waals surface area contributed by atoms with Crippen molar-refractivity contribution < 1.29 is 14.6 Å². The van der Waals surface area contributed by atoms with E-state index in [4.69, 9.17) is 4.74 Å². The van der Waals surface area contributed by atoms with Crippen molar-refractivity contribution in [3.63, 3.8) is 0 Å². The van der Waals surface area contributed by atoms with Crippen molar-refractivity contribution in [1.29, 1.82) is 0 Å². The van der Waals surface area contributed by atoms with Crippen molar-refractivity contribution in [3.8, 4) is 0 Å². The molecule has 1 spiro atoms. The predicted molar refractivity (Wildman–Crippen MR) is 89.1 cm³/mol. The number of hydrogen-bond acceptors (Lipinski definition) is 3.